The molecule has 2 aliphatic heterocycles. The lowest BCUT2D eigenvalue weighted by molar-refractivity contribution is -0.454. The molecule has 2 aromatic heterocycles. The highest BCUT2D eigenvalue weighted by molar-refractivity contribution is 8.27. The van der Waals surface area contributed by atoms with E-state index in [1.807, 2.05) is 6.92 Å². The number of nitrogens with zero attached hydrogens (tertiary/aromatic N) is 6. The Morgan fingerprint density at radius 3 is 2.36 bits per heavy atom. The van der Waals surface area contributed by atoms with E-state index in [4.69, 9.17) is 0 Å². The fourth-order valence-corrected chi connectivity index (χ4v) is 6.93. The van der Waals surface area contributed by atoms with Gasteiger partial charge in [0.15, 0.2) is 5.04 Å². The summed E-state index contributed by atoms with van der Waals surface area (Å²) >= 11 is 0.965. The van der Waals surface area contributed by atoms with E-state index < -0.39 is 33.4 Å². The van der Waals surface area contributed by atoms with Crippen LogP contribution in [-0.4, -0.2) is 60.0 Å². The number of nitrogens with one attached hydrogen (secondary N) is 1. The SMILES string of the molecule is Cn1cc(CN2C(=O)C3C=C(S(=O)(=O)NC4(C)CC4)SC3=[N+](Cc3cnn(C)c3)C2=O)cn1. The van der Waals surface area contributed by atoms with Crippen molar-refractivity contribution in [2.45, 2.75) is 38.4 Å². The minimum Gasteiger partial charge on any atom is -0.275 e. The second-order valence-electron chi connectivity index (χ2n) is 8.91. The van der Waals surface area contributed by atoms with Crippen molar-refractivity contribution in [3.8, 4) is 0 Å². The molecule has 1 unspecified atom stereocenters. The van der Waals surface area contributed by atoms with Gasteiger partial charge in [0, 0.05) is 43.2 Å². The van der Waals surface area contributed by atoms with Gasteiger partial charge in [0.2, 0.25) is 10.0 Å². The summed E-state index contributed by atoms with van der Waals surface area (Å²) in [6, 6.07) is -0.499. The van der Waals surface area contributed by atoms with Gasteiger partial charge in [-0.25, -0.2) is 17.9 Å². The molecule has 1 fully saturated rings. The third-order valence-electron chi connectivity index (χ3n) is 5.88. The first-order valence-corrected chi connectivity index (χ1v) is 12.7. The first kappa shape index (κ1) is 22.0. The number of sulfonamides is 1. The van der Waals surface area contributed by atoms with Gasteiger partial charge in [-0.15, -0.1) is 0 Å². The zero-order valence-corrected chi connectivity index (χ0v) is 20.1. The van der Waals surface area contributed by atoms with E-state index in [0.717, 1.165) is 35.1 Å². The van der Waals surface area contributed by atoms with Crippen LogP contribution in [0.25, 0.3) is 0 Å². The number of carbonyl (C=O) groups is 2. The molecule has 11 nitrogen and oxygen atoms in total. The summed E-state index contributed by atoms with van der Waals surface area (Å²) in [7, 11) is -0.276. The van der Waals surface area contributed by atoms with E-state index in [-0.39, 0.29) is 17.3 Å². The maximum atomic E-state index is 13.5. The van der Waals surface area contributed by atoms with Crippen LogP contribution >= 0.6 is 11.8 Å². The van der Waals surface area contributed by atoms with Gasteiger partial charge in [-0.1, -0.05) is 0 Å². The van der Waals surface area contributed by atoms with E-state index in [2.05, 4.69) is 14.9 Å². The number of hydrogen-bond donors (Lipinski definition) is 1. The van der Waals surface area contributed by atoms with E-state index in [1.54, 1.807) is 48.2 Å². The zero-order chi connectivity index (χ0) is 23.5. The van der Waals surface area contributed by atoms with Crippen molar-refractivity contribution >= 4 is 38.8 Å². The highest BCUT2D eigenvalue weighted by atomic mass is 32.3. The molecule has 1 N–H and O–H groups in total. The fourth-order valence-electron chi connectivity index (χ4n) is 3.88. The molecule has 1 saturated carbocycles. The lowest BCUT2D eigenvalue weighted by Gasteiger charge is -2.23. The molecule has 4 heterocycles. The van der Waals surface area contributed by atoms with Gasteiger partial charge in [-0.3, -0.25) is 9.36 Å². The van der Waals surface area contributed by atoms with Crippen molar-refractivity contribution in [3.63, 3.8) is 0 Å². The van der Waals surface area contributed by atoms with Crippen LogP contribution in [0.4, 0.5) is 4.79 Å². The van der Waals surface area contributed by atoms with Gasteiger partial charge < -0.3 is 0 Å². The molecule has 0 spiro atoms. The van der Waals surface area contributed by atoms with Crippen LogP contribution in [0.3, 0.4) is 0 Å². The lowest BCUT2D eigenvalue weighted by Crippen LogP contribution is -2.52. The van der Waals surface area contributed by atoms with Crippen LogP contribution in [-0.2, 0) is 42.0 Å². The predicted molar refractivity (Wildman–Crippen MR) is 120 cm³/mol. The molecule has 3 aliphatic rings. The summed E-state index contributed by atoms with van der Waals surface area (Å²) in [6.07, 6.45) is 9.76. The van der Waals surface area contributed by atoms with Gasteiger partial charge in [0.05, 0.1) is 12.4 Å². The topological polar surface area (TPSA) is 122 Å². The van der Waals surface area contributed by atoms with Gasteiger partial charge in [0.1, 0.15) is 23.2 Å². The van der Waals surface area contributed by atoms with Crippen molar-refractivity contribution in [2.24, 2.45) is 20.0 Å². The number of hydrogen-bond acceptors (Lipinski definition) is 7. The number of carbonyl (C=O) groups excluding carboxylic acids is 2. The number of amides is 3. The molecule has 1 aliphatic carbocycles. The number of imide groups is 1. The monoisotopic (exact) mass is 490 g/mol. The largest absolute Gasteiger partial charge is 0.501 e. The van der Waals surface area contributed by atoms with Gasteiger partial charge in [0.25, 0.3) is 0 Å². The molecular weight excluding hydrogens is 466 g/mol. The Hall–Kier alpha value is -2.77. The number of fused-ring (bicyclic) bond motifs is 1. The Morgan fingerprint density at radius 1 is 1.15 bits per heavy atom. The van der Waals surface area contributed by atoms with Crippen molar-refractivity contribution in [1.82, 2.24) is 29.2 Å². The highest BCUT2D eigenvalue weighted by Gasteiger charge is 2.53. The first-order valence-electron chi connectivity index (χ1n) is 10.4. The number of urea groups is 1. The molecule has 0 bridgehead atoms. The molecule has 2 aromatic rings. The second kappa shape index (κ2) is 7.64. The Morgan fingerprint density at radius 2 is 1.79 bits per heavy atom. The van der Waals surface area contributed by atoms with Crippen LogP contribution in [0.5, 0.6) is 0 Å². The van der Waals surface area contributed by atoms with E-state index >= 15 is 0 Å². The molecule has 0 aromatic carbocycles. The molecule has 1 atom stereocenters. The normalized spacial score (nSPS) is 22.1. The Balaban J connectivity index is 1.52. The Bertz CT molecular complexity index is 1330. The maximum Gasteiger partial charge on any atom is 0.501 e. The summed E-state index contributed by atoms with van der Waals surface area (Å²) < 4.78 is 33.5. The predicted octanol–water partition coefficient (Wildman–Crippen LogP) is 0.903. The lowest BCUT2D eigenvalue weighted by atomic mass is 10.1. The average molecular weight is 491 g/mol. The van der Waals surface area contributed by atoms with Crippen molar-refractivity contribution in [2.75, 3.05) is 0 Å². The number of rotatable bonds is 7. The molecule has 33 heavy (non-hydrogen) atoms. The van der Waals surface area contributed by atoms with Crippen LogP contribution in [0.15, 0.2) is 35.1 Å². The van der Waals surface area contributed by atoms with Crippen LogP contribution in [0.1, 0.15) is 30.9 Å². The van der Waals surface area contributed by atoms with Crippen LogP contribution in [0.2, 0.25) is 0 Å². The summed E-state index contributed by atoms with van der Waals surface area (Å²) in [5.74, 6) is -1.30. The number of aryl methyl sites for hydroxylation is 2. The summed E-state index contributed by atoms with van der Waals surface area (Å²) in [4.78, 5) is 27.9. The second-order valence-corrected chi connectivity index (χ2v) is 11.9. The third kappa shape index (κ3) is 4.15. The molecule has 5 rings (SSSR count). The molecule has 0 saturated heterocycles. The van der Waals surface area contributed by atoms with E-state index in [0.29, 0.717) is 10.6 Å². The Labute approximate surface area is 195 Å². The van der Waals surface area contributed by atoms with Gasteiger partial charge in [-0.05, 0) is 37.6 Å². The standard InChI is InChI=1S/C20H24N7O4S2/c1-20(4-5-20)23-33(30,31)16-6-15-17(28)26(11-13-7-21-24(2)9-13)19(29)27(18(15)32-16)12-14-8-22-25(3)10-14/h6-10,15,23H,4-5,11-12H2,1-3H3/q+1. The van der Waals surface area contributed by atoms with Crippen molar-refractivity contribution in [1.29, 1.82) is 0 Å². The Kier molecular flexibility index (Phi) is 5.10. The number of thioether (sulfide) groups is 1. The molecule has 3 amide bonds. The van der Waals surface area contributed by atoms with Crippen LogP contribution < -0.4 is 4.72 Å². The zero-order valence-electron chi connectivity index (χ0n) is 18.4. The minimum absolute atomic E-state index is 0.0513. The molecule has 174 valence electrons. The summed E-state index contributed by atoms with van der Waals surface area (Å²) in [6.45, 7) is 2.08. The van der Waals surface area contributed by atoms with Crippen molar-refractivity contribution < 1.29 is 22.6 Å². The van der Waals surface area contributed by atoms with Gasteiger partial charge >= 0.3 is 11.9 Å². The third-order valence-corrected chi connectivity index (χ3v) is 9.23. The fraction of sp³-hybridized carbons (Fsp3) is 0.450. The van der Waals surface area contributed by atoms with Crippen LogP contribution in [0, 0.1) is 5.92 Å². The quantitative estimate of drug-likeness (QED) is 0.572. The first-order chi connectivity index (χ1) is 15.5. The number of aromatic nitrogens is 4. The smallest absolute Gasteiger partial charge is 0.275 e. The highest BCUT2D eigenvalue weighted by Crippen LogP contribution is 2.42. The van der Waals surface area contributed by atoms with E-state index in [1.165, 1.54) is 10.7 Å². The minimum atomic E-state index is -3.80. The molecule has 0 radical (unpaired) electrons. The average Bonchev–Trinajstić information content (AvgIpc) is 3.12. The van der Waals surface area contributed by atoms with Gasteiger partial charge in [-0.2, -0.15) is 24.5 Å². The molecular formula is C20H24N7O4S2+. The molecule has 13 heteroatoms. The maximum absolute atomic E-state index is 13.5. The van der Waals surface area contributed by atoms with E-state index in [9.17, 15) is 18.0 Å². The van der Waals surface area contributed by atoms with Crippen molar-refractivity contribution in [3.05, 3.63) is 46.2 Å². The summed E-state index contributed by atoms with van der Waals surface area (Å²) in [5.41, 5.74) is 1.03. The summed E-state index contributed by atoms with van der Waals surface area (Å²) in [5, 5.41) is 8.66.